The van der Waals surface area contributed by atoms with Gasteiger partial charge in [0.2, 0.25) is 0 Å². The molecule has 0 N–H and O–H groups in total. The van der Waals surface area contributed by atoms with E-state index in [2.05, 4.69) is 31.9 Å². The van der Waals surface area contributed by atoms with E-state index in [9.17, 15) is 4.79 Å². The van der Waals surface area contributed by atoms with Gasteiger partial charge in [0.25, 0.3) is 0 Å². The van der Waals surface area contributed by atoms with Crippen LogP contribution in [0.3, 0.4) is 0 Å². The molecular weight excluding hydrogens is 434 g/mol. The summed E-state index contributed by atoms with van der Waals surface area (Å²) < 4.78 is 6.85. The molecule has 0 atom stereocenters. The summed E-state index contributed by atoms with van der Waals surface area (Å²) in [4.78, 5) is 16.7. The standard InChI is InChI=1S/C19H13Br2NO2/c1-24-19(23)14-10-17(12-2-6-15(20)7-3-12)22-18(11-14)13-4-8-16(21)9-5-13/h2-11H,1H3. The Morgan fingerprint density at radius 2 is 1.25 bits per heavy atom. The van der Waals surface area contributed by atoms with Crippen LogP contribution in [0, 0.1) is 0 Å². The number of benzene rings is 2. The number of pyridine rings is 1. The van der Waals surface area contributed by atoms with E-state index < -0.39 is 0 Å². The van der Waals surface area contributed by atoms with Crippen molar-refractivity contribution in [3.63, 3.8) is 0 Å². The van der Waals surface area contributed by atoms with Crippen LogP contribution in [0.4, 0.5) is 0 Å². The number of hydrogen-bond acceptors (Lipinski definition) is 3. The molecular formula is C19H13Br2NO2. The van der Waals surface area contributed by atoms with E-state index in [-0.39, 0.29) is 5.97 Å². The summed E-state index contributed by atoms with van der Waals surface area (Å²) in [6.45, 7) is 0. The molecule has 3 rings (SSSR count). The fourth-order valence-corrected chi connectivity index (χ4v) is 2.83. The quantitative estimate of drug-likeness (QED) is 0.482. The molecule has 0 unspecified atom stereocenters. The van der Waals surface area contributed by atoms with Gasteiger partial charge in [-0.2, -0.15) is 0 Å². The SMILES string of the molecule is COC(=O)c1cc(-c2ccc(Br)cc2)nc(-c2ccc(Br)cc2)c1. The molecule has 3 nitrogen and oxygen atoms in total. The molecule has 0 saturated carbocycles. The minimum absolute atomic E-state index is 0.380. The van der Waals surface area contributed by atoms with Gasteiger partial charge >= 0.3 is 5.97 Å². The monoisotopic (exact) mass is 445 g/mol. The molecule has 1 aromatic heterocycles. The molecule has 2 aromatic carbocycles. The van der Waals surface area contributed by atoms with Crippen LogP contribution in [0.2, 0.25) is 0 Å². The Labute approximate surface area is 157 Å². The number of carbonyl (C=O) groups is 1. The highest BCUT2D eigenvalue weighted by Gasteiger charge is 2.12. The van der Waals surface area contributed by atoms with Gasteiger partial charge in [0.05, 0.1) is 24.1 Å². The molecule has 0 aliphatic rings. The predicted molar refractivity (Wildman–Crippen MR) is 102 cm³/mol. The molecule has 0 fully saturated rings. The van der Waals surface area contributed by atoms with Crippen LogP contribution in [-0.4, -0.2) is 18.1 Å². The van der Waals surface area contributed by atoms with Crippen LogP contribution in [0.25, 0.3) is 22.5 Å². The van der Waals surface area contributed by atoms with Crippen molar-refractivity contribution in [1.29, 1.82) is 0 Å². The Kier molecular flexibility index (Phi) is 5.11. The van der Waals surface area contributed by atoms with Crippen molar-refractivity contribution < 1.29 is 9.53 Å². The fraction of sp³-hybridized carbons (Fsp3) is 0.0526. The second-order valence-corrected chi connectivity index (χ2v) is 6.96. The minimum atomic E-state index is -0.380. The van der Waals surface area contributed by atoms with Gasteiger partial charge in [-0.15, -0.1) is 0 Å². The Balaban J connectivity index is 2.14. The summed E-state index contributed by atoms with van der Waals surface area (Å²) >= 11 is 6.85. The van der Waals surface area contributed by atoms with E-state index in [1.807, 2.05) is 48.5 Å². The minimum Gasteiger partial charge on any atom is -0.465 e. The highest BCUT2D eigenvalue weighted by atomic mass is 79.9. The zero-order valence-electron chi connectivity index (χ0n) is 12.8. The summed E-state index contributed by atoms with van der Waals surface area (Å²) in [5.74, 6) is -0.380. The summed E-state index contributed by atoms with van der Waals surface area (Å²) in [5, 5.41) is 0. The number of hydrogen-bond donors (Lipinski definition) is 0. The lowest BCUT2D eigenvalue weighted by atomic mass is 10.0. The van der Waals surface area contributed by atoms with Gasteiger partial charge in [0, 0.05) is 20.1 Å². The number of ether oxygens (including phenoxy) is 1. The van der Waals surface area contributed by atoms with Crippen molar-refractivity contribution in [3.8, 4) is 22.5 Å². The largest absolute Gasteiger partial charge is 0.465 e. The van der Waals surface area contributed by atoms with Crippen molar-refractivity contribution in [1.82, 2.24) is 4.98 Å². The fourth-order valence-electron chi connectivity index (χ4n) is 2.30. The van der Waals surface area contributed by atoms with Crippen LogP contribution in [0.15, 0.2) is 69.6 Å². The van der Waals surface area contributed by atoms with Gasteiger partial charge in [-0.1, -0.05) is 56.1 Å². The Bertz CT molecular complexity index is 811. The number of esters is 1. The Morgan fingerprint density at radius 3 is 1.62 bits per heavy atom. The summed E-state index contributed by atoms with van der Waals surface area (Å²) in [6, 6.07) is 19.1. The van der Waals surface area contributed by atoms with Crippen molar-refractivity contribution in [3.05, 3.63) is 75.2 Å². The number of nitrogens with zero attached hydrogens (tertiary/aromatic N) is 1. The summed E-state index contributed by atoms with van der Waals surface area (Å²) in [6.07, 6.45) is 0. The second-order valence-electron chi connectivity index (χ2n) is 5.13. The molecule has 1 heterocycles. The third-order valence-electron chi connectivity index (χ3n) is 3.53. The predicted octanol–water partition coefficient (Wildman–Crippen LogP) is 5.73. The first-order valence-corrected chi connectivity index (χ1v) is 8.78. The lowest BCUT2D eigenvalue weighted by molar-refractivity contribution is 0.0600. The maximum absolute atomic E-state index is 12.0. The lowest BCUT2D eigenvalue weighted by Crippen LogP contribution is -2.03. The smallest absolute Gasteiger partial charge is 0.338 e. The van der Waals surface area contributed by atoms with Gasteiger partial charge in [0.15, 0.2) is 0 Å². The normalized spacial score (nSPS) is 10.5. The van der Waals surface area contributed by atoms with Gasteiger partial charge in [-0.05, 0) is 36.4 Å². The van der Waals surface area contributed by atoms with E-state index >= 15 is 0 Å². The van der Waals surface area contributed by atoms with Gasteiger partial charge in [0.1, 0.15) is 0 Å². The van der Waals surface area contributed by atoms with E-state index in [1.54, 1.807) is 12.1 Å². The molecule has 0 radical (unpaired) electrons. The van der Waals surface area contributed by atoms with Crippen molar-refractivity contribution in [2.24, 2.45) is 0 Å². The number of aromatic nitrogens is 1. The molecule has 3 aromatic rings. The van der Waals surface area contributed by atoms with Crippen LogP contribution >= 0.6 is 31.9 Å². The van der Waals surface area contributed by atoms with Crippen LogP contribution in [-0.2, 0) is 4.74 Å². The van der Waals surface area contributed by atoms with Crippen LogP contribution in [0.5, 0.6) is 0 Å². The van der Waals surface area contributed by atoms with Crippen molar-refractivity contribution in [2.75, 3.05) is 7.11 Å². The molecule has 0 spiro atoms. The molecule has 5 heteroatoms. The van der Waals surface area contributed by atoms with Crippen molar-refractivity contribution >= 4 is 37.8 Å². The highest BCUT2D eigenvalue weighted by Crippen LogP contribution is 2.27. The first-order chi connectivity index (χ1) is 11.6. The first-order valence-electron chi connectivity index (χ1n) is 7.19. The molecule has 0 aliphatic heterocycles. The molecule has 120 valence electrons. The first kappa shape index (κ1) is 16.9. The molecule has 0 bridgehead atoms. The van der Waals surface area contributed by atoms with Gasteiger partial charge in [-0.25, -0.2) is 9.78 Å². The Morgan fingerprint density at radius 1 is 0.833 bits per heavy atom. The number of methoxy groups -OCH3 is 1. The maximum atomic E-state index is 12.0. The molecule has 0 aliphatic carbocycles. The summed E-state index contributed by atoms with van der Waals surface area (Å²) in [5.41, 5.74) is 3.79. The number of halogens is 2. The van der Waals surface area contributed by atoms with Crippen LogP contribution in [0.1, 0.15) is 10.4 Å². The van der Waals surface area contributed by atoms with Crippen LogP contribution < -0.4 is 0 Å². The highest BCUT2D eigenvalue weighted by molar-refractivity contribution is 9.10. The van der Waals surface area contributed by atoms with E-state index in [0.717, 1.165) is 31.5 Å². The van der Waals surface area contributed by atoms with Gasteiger partial charge in [-0.3, -0.25) is 0 Å². The second kappa shape index (κ2) is 7.28. The average Bonchev–Trinajstić information content (AvgIpc) is 2.62. The number of rotatable bonds is 3. The van der Waals surface area contributed by atoms with E-state index in [4.69, 9.17) is 9.72 Å². The summed E-state index contributed by atoms with van der Waals surface area (Å²) in [7, 11) is 1.38. The van der Waals surface area contributed by atoms with E-state index in [0.29, 0.717) is 5.56 Å². The van der Waals surface area contributed by atoms with Crippen molar-refractivity contribution in [2.45, 2.75) is 0 Å². The lowest BCUT2D eigenvalue weighted by Gasteiger charge is -2.09. The van der Waals surface area contributed by atoms with E-state index in [1.165, 1.54) is 7.11 Å². The third-order valence-corrected chi connectivity index (χ3v) is 4.58. The maximum Gasteiger partial charge on any atom is 0.338 e. The zero-order valence-corrected chi connectivity index (χ0v) is 16.0. The van der Waals surface area contributed by atoms with Gasteiger partial charge < -0.3 is 4.74 Å². The number of carbonyl (C=O) groups excluding carboxylic acids is 1. The molecule has 0 amide bonds. The molecule has 0 saturated heterocycles. The third kappa shape index (κ3) is 3.74. The Hall–Kier alpha value is -1.98. The zero-order chi connectivity index (χ0) is 17.1. The average molecular weight is 447 g/mol. The topological polar surface area (TPSA) is 39.2 Å². The molecule has 24 heavy (non-hydrogen) atoms.